The quantitative estimate of drug-likeness (QED) is 0.625. The fourth-order valence-corrected chi connectivity index (χ4v) is 1.12. The van der Waals surface area contributed by atoms with Crippen LogP contribution in [0.25, 0.3) is 17.1 Å². The van der Waals surface area contributed by atoms with Crippen molar-refractivity contribution in [2.45, 2.75) is 0 Å². The Bertz CT molecular complexity index is 430. The molecule has 0 saturated carbocycles. The first-order valence-electron chi connectivity index (χ1n) is 3.58. The van der Waals surface area contributed by atoms with Crippen molar-refractivity contribution < 1.29 is 0 Å². The summed E-state index contributed by atoms with van der Waals surface area (Å²) in [6, 6.07) is 0. The van der Waals surface area contributed by atoms with E-state index in [0.717, 1.165) is 16.7 Å². The van der Waals surface area contributed by atoms with Crippen molar-refractivity contribution in [3.8, 4) is 0 Å². The molecule has 4 nitrogen and oxygen atoms in total. The molecule has 0 saturated heterocycles. The molecule has 0 radical (unpaired) electrons. The molecule has 0 unspecified atom stereocenters. The van der Waals surface area contributed by atoms with E-state index in [9.17, 15) is 0 Å². The van der Waals surface area contributed by atoms with Crippen LogP contribution in [0.4, 0.5) is 0 Å². The van der Waals surface area contributed by atoms with Crippen LogP contribution in [0.15, 0.2) is 19.1 Å². The van der Waals surface area contributed by atoms with Crippen LogP contribution in [-0.2, 0) is 7.05 Å². The molecule has 4 heteroatoms. The molecule has 0 spiro atoms. The van der Waals surface area contributed by atoms with Crippen molar-refractivity contribution >= 4 is 17.1 Å². The van der Waals surface area contributed by atoms with Gasteiger partial charge in [0.2, 0.25) is 0 Å². The summed E-state index contributed by atoms with van der Waals surface area (Å²) in [5.41, 5.74) is 2.43. The van der Waals surface area contributed by atoms with Gasteiger partial charge in [-0.25, -0.2) is 9.97 Å². The van der Waals surface area contributed by atoms with E-state index in [1.165, 1.54) is 6.33 Å². The molecule has 0 aliphatic carbocycles. The molecule has 0 aliphatic heterocycles. The van der Waals surface area contributed by atoms with Crippen LogP contribution in [0.3, 0.4) is 0 Å². The Hall–Kier alpha value is -1.71. The van der Waals surface area contributed by atoms with Gasteiger partial charge in [-0.05, 0) is 6.08 Å². The highest BCUT2D eigenvalue weighted by atomic mass is 15.3. The third-order valence-corrected chi connectivity index (χ3v) is 1.64. The minimum absolute atomic E-state index is 0.778. The zero-order valence-electron chi connectivity index (χ0n) is 6.73. The van der Waals surface area contributed by atoms with Gasteiger partial charge in [0.1, 0.15) is 17.4 Å². The van der Waals surface area contributed by atoms with Gasteiger partial charge in [-0.1, -0.05) is 6.58 Å². The van der Waals surface area contributed by atoms with Gasteiger partial charge in [0.15, 0.2) is 0 Å². The normalized spacial score (nSPS) is 10.4. The summed E-state index contributed by atoms with van der Waals surface area (Å²) >= 11 is 0. The molecule has 0 bridgehead atoms. The van der Waals surface area contributed by atoms with Crippen molar-refractivity contribution in [1.82, 2.24) is 19.7 Å². The van der Waals surface area contributed by atoms with Crippen LogP contribution in [-0.4, -0.2) is 19.7 Å². The molecule has 12 heavy (non-hydrogen) atoms. The molecule has 0 amide bonds. The Morgan fingerprint density at radius 1 is 1.50 bits per heavy atom. The highest BCUT2D eigenvalue weighted by Crippen LogP contribution is 2.11. The lowest BCUT2D eigenvalue weighted by Crippen LogP contribution is -1.87. The van der Waals surface area contributed by atoms with Crippen molar-refractivity contribution in [3.63, 3.8) is 0 Å². The minimum Gasteiger partial charge on any atom is -0.273 e. The van der Waals surface area contributed by atoms with Crippen LogP contribution in [0.1, 0.15) is 5.69 Å². The molecule has 60 valence electrons. The van der Waals surface area contributed by atoms with Crippen molar-refractivity contribution in [1.29, 1.82) is 0 Å². The van der Waals surface area contributed by atoms with Crippen LogP contribution < -0.4 is 0 Å². The van der Waals surface area contributed by atoms with E-state index in [4.69, 9.17) is 0 Å². The van der Waals surface area contributed by atoms with Crippen molar-refractivity contribution in [2.24, 2.45) is 7.05 Å². The largest absolute Gasteiger partial charge is 0.273 e. The fourth-order valence-electron chi connectivity index (χ4n) is 1.12. The highest BCUT2D eigenvalue weighted by molar-refractivity contribution is 5.80. The summed E-state index contributed by atoms with van der Waals surface area (Å²) < 4.78 is 1.71. The summed E-state index contributed by atoms with van der Waals surface area (Å²) in [4.78, 5) is 8.10. The molecule has 0 aromatic carbocycles. The summed E-state index contributed by atoms with van der Waals surface area (Å²) in [5.74, 6) is 0. The second-order valence-electron chi connectivity index (χ2n) is 2.50. The number of aromatic nitrogens is 4. The van der Waals surface area contributed by atoms with E-state index >= 15 is 0 Å². The third-order valence-electron chi connectivity index (χ3n) is 1.64. The maximum absolute atomic E-state index is 4.20. The first-order valence-corrected chi connectivity index (χ1v) is 3.58. The average molecular weight is 160 g/mol. The van der Waals surface area contributed by atoms with E-state index in [2.05, 4.69) is 21.6 Å². The van der Waals surface area contributed by atoms with E-state index in [1.54, 1.807) is 10.8 Å². The second kappa shape index (κ2) is 2.41. The molecular weight excluding hydrogens is 152 g/mol. The van der Waals surface area contributed by atoms with Gasteiger partial charge >= 0.3 is 0 Å². The van der Waals surface area contributed by atoms with Gasteiger partial charge in [0.25, 0.3) is 0 Å². The van der Waals surface area contributed by atoms with E-state index in [-0.39, 0.29) is 0 Å². The average Bonchev–Trinajstić information content (AvgIpc) is 2.44. The molecule has 2 heterocycles. The van der Waals surface area contributed by atoms with Crippen molar-refractivity contribution in [3.05, 3.63) is 24.8 Å². The van der Waals surface area contributed by atoms with Gasteiger partial charge in [-0.15, -0.1) is 0 Å². The predicted molar refractivity (Wildman–Crippen MR) is 46.4 cm³/mol. The maximum atomic E-state index is 4.20. The molecule has 0 aliphatic rings. The Morgan fingerprint density at radius 2 is 2.33 bits per heavy atom. The molecule has 2 aromatic rings. The summed E-state index contributed by atoms with van der Waals surface area (Å²) in [5, 5.41) is 4.20. The van der Waals surface area contributed by atoms with E-state index < -0.39 is 0 Å². The SMILES string of the molecule is C=Cc1ncnc2cn(C)nc12. The first-order chi connectivity index (χ1) is 5.81. The number of hydrogen-bond donors (Lipinski definition) is 0. The number of hydrogen-bond acceptors (Lipinski definition) is 3. The van der Waals surface area contributed by atoms with Crippen LogP contribution >= 0.6 is 0 Å². The fraction of sp³-hybridized carbons (Fsp3) is 0.125. The lowest BCUT2D eigenvalue weighted by atomic mass is 10.3. The van der Waals surface area contributed by atoms with Gasteiger partial charge in [0, 0.05) is 7.05 Å². The van der Waals surface area contributed by atoms with Crippen LogP contribution in [0.2, 0.25) is 0 Å². The molecule has 2 aromatic heterocycles. The maximum Gasteiger partial charge on any atom is 0.136 e. The van der Waals surface area contributed by atoms with Crippen LogP contribution in [0.5, 0.6) is 0 Å². The zero-order valence-corrected chi connectivity index (χ0v) is 6.73. The third kappa shape index (κ3) is 0.887. The topological polar surface area (TPSA) is 43.6 Å². The first kappa shape index (κ1) is 6.97. The number of aryl methyl sites for hydroxylation is 1. The van der Waals surface area contributed by atoms with E-state index in [0.29, 0.717) is 0 Å². The Labute approximate surface area is 69.6 Å². The Kier molecular flexibility index (Phi) is 1.40. The molecule has 2 rings (SSSR count). The second-order valence-corrected chi connectivity index (χ2v) is 2.50. The molecule has 0 atom stereocenters. The van der Waals surface area contributed by atoms with Crippen LogP contribution in [0, 0.1) is 0 Å². The molecular formula is C8H8N4. The number of nitrogens with zero attached hydrogens (tertiary/aromatic N) is 4. The van der Waals surface area contributed by atoms with Gasteiger partial charge < -0.3 is 0 Å². The lowest BCUT2D eigenvalue weighted by Gasteiger charge is -1.90. The Morgan fingerprint density at radius 3 is 3.08 bits per heavy atom. The standard InChI is InChI=1S/C8H8N4/c1-3-6-8-7(10-5-9-6)4-12(2)11-8/h3-5H,1H2,2H3. The summed E-state index contributed by atoms with van der Waals surface area (Å²) in [6.07, 6.45) is 5.04. The predicted octanol–water partition coefficient (Wildman–Crippen LogP) is 1.01. The number of fused-ring (bicyclic) bond motifs is 1. The minimum atomic E-state index is 0.778. The molecule has 0 N–H and O–H groups in total. The smallest absolute Gasteiger partial charge is 0.136 e. The summed E-state index contributed by atoms with van der Waals surface area (Å²) in [7, 11) is 1.86. The highest BCUT2D eigenvalue weighted by Gasteiger charge is 2.03. The van der Waals surface area contributed by atoms with Gasteiger partial charge in [-0.2, -0.15) is 5.10 Å². The Balaban J connectivity index is 2.86. The monoisotopic (exact) mass is 160 g/mol. The van der Waals surface area contributed by atoms with Crippen molar-refractivity contribution in [2.75, 3.05) is 0 Å². The zero-order chi connectivity index (χ0) is 8.55. The van der Waals surface area contributed by atoms with E-state index in [1.807, 2.05) is 13.2 Å². The van der Waals surface area contributed by atoms with Gasteiger partial charge in [-0.3, -0.25) is 4.68 Å². The summed E-state index contributed by atoms with van der Waals surface area (Å²) in [6.45, 7) is 3.65. The molecule has 0 fully saturated rings. The lowest BCUT2D eigenvalue weighted by molar-refractivity contribution is 0.779. The number of rotatable bonds is 1. The van der Waals surface area contributed by atoms with Gasteiger partial charge in [0.05, 0.1) is 11.9 Å².